The fraction of sp³-hybridized carbons (Fsp3) is 0.333. The Hall–Kier alpha value is -4.71. The Morgan fingerprint density at radius 1 is 1.05 bits per heavy atom. The number of methoxy groups -OCH3 is 2. The second kappa shape index (κ2) is 13.8. The number of amides is 1. The lowest BCUT2D eigenvalue weighted by atomic mass is 10.1. The molecule has 1 unspecified atom stereocenters. The van der Waals surface area contributed by atoms with Crippen molar-refractivity contribution in [2.24, 2.45) is 0 Å². The molecule has 1 N–H and O–H groups in total. The second-order valence-corrected chi connectivity index (χ2v) is 9.84. The number of ether oxygens (including phenoxy) is 3. The highest BCUT2D eigenvalue weighted by atomic mass is 19.1. The van der Waals surface area contributed by atoms with Crippen LogP contribution in [-0.2, 0) is 17.9 Å². The zero-order valence-electron chi connectivity index (χ0n) is 23.6. The lowest BCUT2D eigenvalue weighted by Crippen LogP contribution is -2.54. The van der Waals surface area contributed by atoms with Crippen LogP contribution in [0.5, 0.6) is 17.2 Å². The van der Waals surface area contributed by atoms with Crippen molar-refractivity contribution < 1.29 is 23.4 Å². The van der Waals surface area contributed by atoms with E-state index in [0.717, 1.165) is 23.5 Å². The molecule has 3 heterocycles. The van der Waals surface area contributed by atoms with Crippen LogP contribution in [0.15, 0.2) is 73.4 Å². The fourth-order valence-electron chi connectivity index (χ4n) is 5.07. The SMILES string of the molecule is COc1ccc(CNC(=O)CC2CN(Cc3cccc(OCF)c3)CCN2c2ccnc(-n3ccnc3)n2)cc1OC. The molecule has 0 spiro atoms. The molecule has 0 radical (unpaired) electrons. The topological polar surface area (TPSA) is 107 Å². The Kier molecular flexibility index (Phi) is 9.44. The number of benzene rings is 2. The molecule has 0 bridgehead atoms. The number of rotatable bonds is 12. The number of hydrogen-bond acceptors (Lipinski definition) is 9. The van der Waals surface area contributed by atoms with Gasteiger partial charge in [0, 0.05) is 57.7 Å². The first kappa shape index (κ1) is 28.8. The summed E-state index contributed by atoms with van der Waals surface area (Å²) >= 11 is 0. The molecule has 11 nitrogen and oxygen atoms in total. The van der Waals surface area contributed by atoms with Gasteiger partial charge in [-0.1, -0.05) is 18.2 Å². The lowest BCUT2D eigenvalue weighted by molar-refractivity contribution is -0.121. The maximum atomic E-state index is 13.3. The number of imidazole rings is 1. The molecule has 4 aromatic rings. The van der Waals surface area contributed by atoms with Gasteiger partial charge in [-0.05, 0) is 41.5 Å². The van der Waals surface area contributed by atoms with Gasteiger partial charge >= 0.3 is 0 Å². The van der Waals surface area contributed by atoms with Gasteiger partial charge in [0.2, 0.25) is 18.7 Å². The third-order valence-corrected chi connectivity index (χ3v) is 7.11. The first-order valence-corrected chi connectivity index (χ1v) is 13.6. The highest BCUT2D eigenvalue weighted by molar-refractivity contribution is 5.77. The molecule has 1 amide bonds. The summed E-state index contributed by atoms with van der Waals surface area (Å²) < 4.78 is 30.2. The van der Waals surface area contributed by atoms with Crippen molar-refractivity contribution in [3.63, 3.8) is 0 Å². The van der Waals surface area contributed by atoms with E-state index in [0.29, 0.717) is 49.4 Å². The molecular formula is C30H34FN7O4. The van der Waals surface area contributed by atoms with Crippen molar-refractivity contribution in [3.8, 4) is 23.2 Å². The Morgan fingerprint density at radius 3 is 2.71 bits per heavy atom. The van der Waals surface area contributed by atoms with Crippen LogP contribution in [-0.4, -0.2) is 77.1 Å². The summed E-state index contributed by atoms with van der Waals surface area (Å²) in [5.74, 6) is 2.90. The quantitative estimate of drug-likeness (QED) is 0.272. The van der Waals surface area contributed by atoms with Gasteiger partial charge in [-0.25, -0.2) is 14.4 Å². The van der Waals surface area contributed by atoms with E-state index in [2.05, 4.69) is 25.1 Å². The van der Waals surface area contributed by atoms with Gasteiger partial charge in [0.1, 0.15) is 17.9 Å². The largest absolute Gasteiger partial charge is 0.493 e. The van der Waals surface area contributed by atoms with E-state index in [1.165, 1.54) is 0 Å². The van der Waals surface area contributed by atoms with Crippen LogP contribution in [0.4, 0.5) is 10.2 Å². The first-order chi connectivity index (χ1) is 20.6. The van der Waals surface area contributed by atoms with E-state index < -0.39 is 6.86 Å². The second-order valence-electron chi connectivity index (χ2n) is 9.84. The van der Waals surface area contributed by atoms with Gasteiger partial charge in [-0.15, -0.1) is 0 Å². The van der Waals surface area contributed by atoms with Crippen molar-refractivity contribution >= 4 is 11.7 Å². The van der Waals surface area contributed by atoms with Crippen LogP contribution in [0.1, 0.15) is 17.5 Å². The zero-order valence-corrected chi connectivity index (χ0v) is 23.6. The van der Waals surface area contributed by atoms with E-state index >= 15 is 0 Å². The minimum Gasteiger partial charge on any atom is -0.493 e. The standard InChI is InChI=1S/C30H34FN7O4/c1-40-26-7-6-22(15-27(26)41-2)17-34-29(39)16-24-19-36(18-23-4-3-5-25(14-23)42-20-31)12-13-38(24)28-8-9-33-30(35-28)37-11-10-32-21-37/h3-11,14-15,21,24H,12-13,16-20H2,1-2H3,(H,34,39). The van der Waals surface area contributed by atoms with Crippen LogP contribution in [0.2, 0.25) is 0 Å². The average Bonchev–Trinajstić information content (AvgIpc) is 3.56. The Bertz CT molecular complexity index is 1470. The minimum absolute atomic E-state index is 0.0798. The van der Waals surface area contributed by atoms with E-state index in [-0.39, 0.29) is 18.4 Å². The molecule has 2 aromatic heterocycles. The van der Waals surface area contributed by atoms with Gasteiger partial charge < -0.3 is 24.4 Å². The van der Waals surface area contributed by atoms with E-state index in [1.54, 1.807) is 49.8 Å². The lowest BCUT2D eigenvalue weighted by Gasteiger charge is -2.42. The number of piperazine rings is 1. The van der Waals surface area contributed by atoms with Crippen molar-refractivity contribution in [3.05, 3.63) is 84.6 Å². The Balaban J connectivity index is 1.31. The minimum atomic E-state index is -0.872. The Morgan fingerprint density at radius 2 is 1.93 bits per heavy atom. The first-order valence-electron chi connectivity index (χ1n) is 13.6. The zero-order chi connectivity index (χ0) is 29.3. The van der Waals surface area contributed by atoms with Crippen LogP contribution in [0.25, 0.3) is 5.95 Å². The summed E-state index contributed by atoms with van der Waals surface area (Å²) in [5.41, 5.74) is 1.91. The van der Waals surface area contributed by atoms with Crippen LogP contribution >= 0.6 is 0 Å². The molecule has 220 valence electrons. The summed E-state index contributed by atoms with van der Waals surface area (Å²) in [5, 5.41) is 3.05. The van der Waals surface area contributed by atoms with Gasteiger partial charge in [0.15, 0.2) is 11.5 Å². The molecule has 0 saturated carbocycles. The molecule has 12 heteroatoms. The molecular weight excluding hydrogens is 541 g/mol. The summed E-state index contributed by atoms with van der Waals surface area (Å²) in [6.45, 7) is 2.17. The number of carbonyl (C=O) groups is 1. The normalized spacial score (nSPS) is 15.3. The molecule has 5 rings (SSSR count). The maximum absolute atomic E-state index is 13.3. The predicted molar refractivity (Wildman–Crippen MR) is 155 cm³/mol. The van der Waals surface area contributed by atoms with E-state index in [4.69, 9.17) is 19.2 Å². The summed E-state index contributed by atoms with van der Waals surface area (Å²) in [6.07, 6.45) is 7.09. The number of nitrogens with zero attached hydrogens (tertiary/aromatic N) is 6. The van der Waals surface area contributed by atoms with Gasteiger partial charge in [-0.2, -0.15) is 4.98 Å². The average molecular weight is 576 g/mol. The van der Waals surface area contributed by atoms with E-state index in [1.807, 2.05) is 42.5 Å². The number of carbonyl (C=O) groups excluding carboxylic acids is 1. The highest BCUT2D eigenvalue weighted by Crippen LogP contribution is 2.28. The molecule has 1 aliphatic heterocycles. The molecule has 1 aliphatic rings. The van der Waals surface area contributed by atoms with E-state index in [9.17, 15) is 9.18 Å². The Labute approximate surface area is 243 Å². The van der Waals surface area contributed by atoms with Crippen LogP contribution in [0.3, 0.4) is 0 Å². The van der Waals surface area contributed by atoms with Gasteiger partial charge in [-0.3, -0.25) is 14.3 Å². The van der Waals surface area contributed by atoms with Gasteiger partial charge in [0.25, 0.3) is 0 Å². The number of nitrogens with one attached hydrogen (secondary N) is 1. The number of halogens is 1. The van der Waals surface area contributed by atoms with Crippen molar-refractivity contribution in [2.75, 3.05) is 45.6 Å². The molecule has 0 aliphatic carbocycles. The molecule has 1 fully saturated rings. The smallest absolute Gasteiger partial charge is 0.236 e. The van der Waals surface area contributed by atoms with Crippen molar-refractivity contribution in [2.45, 2.75) is 25.6 Å². The summed E-state index contributed by atoms with van der Waals surface area (Å²) in [7, 11) is 3.17. The summed E-state index contributed by atoms with van der Waals surface area (Å²) in [6, 6.07) is 14.7. The molecule has 1 atom stereocenters. The third kappa shape index (κ3) is 7.13. The maximum Gasteiger partial charge on any atom is 0.236 e. The van der Waals surface area contributed by atoms with Crippen LogP contribution < -0.4 is 24.4 Å². The van der Waals surface area contributed by atoms with Gasteiger partial charge in [0.05, 0.1) is 20.3 Å². The number of anilines is 1. The number of aromatic nitrogens is 4. The number of alkyl halides is 1. The van der Waals surface area contributed by atoms with Crippen molar-refractivity contribution in [1.82, 2.24) is 29.7 Å². The molecule has 2 aromatic carbocycles. The summed E-state index contributed by atoms with van der Waals surface area (Å²) in [4.78, 5) is 31.0. The fourth-order valence-corrected chi connectivity index (χ4v) is 5.07. The third-order valence-electron chi connectivity index (χ3n) is 7.11. The molecule has 42 heavy (non-hydrogen) atoms. The monoisotopic (exact) mass is 575 g/mol. The van der Waals surface area contributed by atoms with Crippen LogP contribution in [0, 0.1) is 0 Å². The predicted octanol–water partition coefficient (Wildman–Crippen LogP) is 3.38. The number of hydrogen-bond donors (Lipinski definition) is 1. The molecule has 1 saturated heterocycles. The van der Waals surface area contributed by atoms with Crippen molar-refractivity contribution in [1.29, 1.82) is 0 Å². The highest BCUT2D eigenvalue weighted by Gasteiger charge is 2.30.